The number of aliphatic imine (C=N–C) groups is 1. The molecule has 18 N–H and O–H groups in total. The first kappa shape index (κ1) is 51.9. The van der Waals surface area contributed by atoms with Gasteiger partial charge in [-0.3, -0.25) is 38.6 Å². The van der Waals surface area contributed by atoms with E-state index < -0.39 is 115 Å². The Morgan fingerprint density at radius 3 is 1.63 bits per heavy atom. The maximum atomic E-state index is 13.6. The number of carbonyl (C=O) groups is 8. The molecule has 0 aromatic rings. The lowest BCUT2D eigenvalue weighted by molar-refractivity contribution is -0.143. The second kappa shape index (κ2) is 26.7. The Hall–Kier alpha value is -5.13. The number of aliphatic carboxylic acids is 2. The molecule has 0 spiro atoms. The van der Waals surface area contributed by atoms with Gasteiger partial charge in [0, 0.05) is 6.54 Å². The van der Waals surface area contributed by atoms with Crippen molar-refractivity contribution in [2.45, 2.75) is 128 Å². The van der Waals surface area contributed by atoms with Crippen LogP contribution < -0.4 is 54.8 Å². The van der Waals surface area contributed by atoms with Gasteiger partial charge in [-0.05, 0) is 63.8 Å². The van der Waals surface area contributed by atoms with E-state index in [1.807, 2.05) is 0 Å². The van der Waals surface area contributed by atoms with Gasteiger partial charge in [0.05, 0.1) is 25.2 Å². The van der Waals surface area contributed by atoms with Crippen molar-refractivity contribution in [3.05, 3.63) is 0 Å². The topological polar surface area (TPSA) is 406 Å². The van der Waals surface area contributed by atoms with Gasteiger partial charge in [-0.25, -0.2) is 4.79 Å². The van der Waals surface area contributed by atoms with Crippen LogP contribution in [0.2, 0.25) is 0 Å². The van der Waals surface area contributed by atoms with Gasteiger partial charge in [0.25, 0.3) is 0 Å². The molecular formula is C34H63N11O12. The molecule has 0 aromatic carbocycles. The van der Waals surface area contributed by atoms with Gasteiger partial charge in [-0.15, -0.1) is 0 Å². The van der Waals surface area contributed by atoms with Gasteiger partial charge in [0.1, 0.15) is 36.3 Å². The van der Waals surface area contributed by atoms with Crippen molar-refractivity contribution in [1.82, 2.24) is 31.9 Å². The molecule has 0 radical (unpaired) electrons. The SMILES string of the molecule is CC(C)C[C@H](NC(=O)[C@@H](NC(=O)[C@H](CC(=O)O)NC(=O)[C@H](CO)NC(=O)[C@@H](N)CCCN=C(N)N)[C@@H](C)O)C(=O)N[C@H](C(=O)N[C@@H](CCCCN)C(=O)O)C(C)C. The summed E-state index contributed by atoms with van der Waals surface area (Å²) in [6, 6.07) is -10.4. The first-order valence-corrected chi connectivity index (χ1v) is 18.6. The molecule has 0 saturated carbocycles. The van der Waals surface area contributed by atoms with Crippen molar-refractivity contribution < 1.29 is 58.8 Å². The lowest BCUT2D eigenvalue weighted by Crippen LogP contribution is -2.62. The first-order chi connectivity index (χ1) is 26.5. The molecule has 8 atom stereocenters. The van der Waals surface area contributed by atoms with Crippen LogP contribution in [0, 0.1) is 11.8 Å². The molecule has 0 aromatic heterocycles. The first-order valence-electron chi connectivity index (χ1n) is 18.6. The van der Waals surface area contributed by atoms with Gasteiger partial charge in [0.15, 0.2) is 5.96 Å². The largest absolute Gasteiger partial charge is 0.481 e. The molecule has 0 aliphatic carbocycles. The highest BCUT2D eigenvalue weighted by Crippen LogP contribution is 2.11. The van der Waals surface area contributed by atoms with Crippen LogP contribution in [-0.4, -0.2) is 142 Å². The van der Waals surface area contributed by atoms with Gasteiger partial charge >= 0.3 is 11.9 Å². The van der Waals surface area contributed by atoms with E-state index in [1.165, 1.54) is 0 Å². The minimum Gasteiger partial charge on any atom is -0.481 e. The van der Waals surface area contributed by atoms with E-state index in [-0.39, 0.29) is 37.7 Å². The van der Waals surface area contributed by atoms with Crippen LogP contribution in [0.15, 0.2) is 4.99 Å². The molecule has 23 nitrogen and oxygen atoms in total. The van der Waals surface area contributed by atoms with Crippen molar-refractivity contribution in [3.63, 3.8) is 0 Å². The van der Waals surface area contributed by atoms with Crippen LogP contribution in [0.3, 0.4) is 0 Å². The van der Waals surface area contributed by atoms with Gasteiger partial charge in [0.2, 0.25) is 35.4 Å². The minimum absolute atomic E-state index is 0.00716. The van der Waals surface area contributed by atoms with E-state index in [2.05, 4.69) is 36.9 Å². The highest BCUT2D eigenvalue weighted by molar-refractivity contribution is 5.98. The minimum atomic E-state index is -1.90. The van der Waals surface area contributed by atoms with Crippen molar-refractivity contribution in [2.24, 2.45) is 39.8 Å². The van der Waals surface area contributed by atoms with Crippen LogP contribution in [-0.2, 0) is 38.4 Å². The van der Waals surface area contributed by atoms with Crippen LogP contribution in [0.25, 0.3) is 0 Å². The summed E-state index contributed by atoms with van der Waals surface area (Å²) < 4.78 is 0. The number of nitrogens with one attached hydrogen (secondary N) is 6. The zero-order valence-electron chi connectivity index (χ0n) is 33.2. The smallest absolute Gasteiger partial charge is 0.326 e. The number of nitrogens with two attached hydrogens (primary N) is 4. The third-order valence-corrected chi connectivity index (χ3v) is 8.34. The number of aliphatic hydroxyl groups is 2. The molecule has 0 rings (SSSR count). The molecule has 0 saturated heterocycles. The summed E-state index contributed by atoms with van der Waals surface area (Å²) in [4.78, 5) is 106. The second-order valence-electron chi connectivity index (χ2n) is 14.3. The summed E-state index contributed by atoms with van der Waals surface area (Å²) >= 11 is 0. The zero-order valence-corrected chi connectivity index (χ0v) is 33.2. The summed E-state index contributed by atoms with van der Waals surface area (Å²) in [5.74, 6) is -9.76. The van der Waals surface area contributed by atoms with Crippen molar-refractivity contribution in [3.8, 4) is 0 Å². The highest BCUT2D eigenvalue weighted by atomic mass is 16.4. The van der Waals surface area contributed by atoms with Gasteiger partial charge in [-0.2, -0.15) is 0 Å². The third-order valence-electron chi connectivity index (χ3n) is 8.34. The molecule has 0 aliphatic heterocycles. The number of aliphatic hydroxyl groups excluding tert-OH is 2. The summed E-state index contributed by atoms with van der Waals surface area (Å²) in [7, 11) is 0. The number of carbonyl (C=O) groups excluding carboxylic acids is 6. The average molecular weight is 818 g/mol. The van der Waals surface area contributed by atoms with E-state index >= 15 is 0 Å². The fourth-order valence-corrected chi connectivity index (χ4v) is 5.20. The van der Waals surface area contributed by atoms with Crippen LogP contribution in [0.5, 0.6) is 0 Å². The molecule has 6 amide bonds. The fourth-order valence-electron chi connectivity index (χ4n) is 5.20. The van der Waals surface area contributed by atoms with Crippen LogP contribution >= 0.6 is 0 Å². The monoisotopic (exact) mass is 817 g/mol. The Bertz CT molecular complexity index is 1390. The van der Waals surface area contributed by atoms with Gasteiger partial charge < -0.3 is 75.3 Å². The van der Waals surface area contributed by atoms with E-state index in [9.17, 15) is 58.8 Å². The number of guanidine groups is 1. The molecule has 57 heavy (non-hydrogen) atoms. The summed E-state index contributed by atoms with van der Waals surface area (Å²) in [5.41, 5.74) is 21.8. The molecule has 23 heteroatoms. The average Bonchev–Trinajstić information content (AvgIpc) is 3.10. The molecule has 0 bridgehead atoms. The van der Waals surface area contributed by atoms with E-state index in [0.29, 0.717) is 25.8 Å². The second-order valence-corrected chi connectivity index (χ2v) is 14.3. The molecule has 0 fully saturated rings. The fraction of sp³-hybridized carbons (Fsp3) is 0.735. The van der Waals surface area contributed by atoms with Gasteiger partial charge in [-0.1, -0.05) is 27.7 Å². The quantitative estimate of drug-likeness (QED) is 0.0200. The molecule has 0 aliphatic rings. The van der Waals surface area contributed by atoms with E-state index in [4.69, 9.17) is 22.9 Å². The summed E-state index contributed by atoms with van der Waals surface area (Å²) in [6.45, 7) is 7.33. The predicted molar refractivity (Wildman–Crippen MR) is 205 cm³/mol. The van der Waals surface area contributed by atoms with E-state index in [0.717, 1.165) is 6.92 Å². The molecule has 0 heterocycles. The number of carboxylic acid groups (broad SMARTS) is 2. The third kappa shape index (κ3) is 20.6. The highest BCUT2D eigenvalue weighted by Gasteiger charge is 2.36. The van der Waals surface area contributed by atoms with Crippen LogP contribution in [0.4, 0.5) is 0 Å². The lowest BCUT2D eigenvalue weighted by Gasteiger charge is -2.29. The Balaban J connectivity index is 6.00. The van der Waals surface area contributed by atoms with Crippen molar-refractivity contribution >= 4 is 53.3 Å². The number of carboxylic acids is 2. The summed E-state index contributed by atoms with van der Waals surface area (Å²) in [5, 5.41) is 53.2. The number of hydrogen-bond acceptors (Lipinski definition) is 13. The normalized spacial score (nSPS) is 15.4. The van der Waals surface area contributed by atoms with Crippen molar-refractivity contribution in [1.29, 1.82) is 0 Å². The number of hydrogen-bond donors (Lipinski definition) is 14. The Labute approximate surface area is 331 Å². The Morgan fingerprint density at radius 1 is 0.632 bits per heavy atom. The molecule has 326 valence electrons. The number of amides is 6. The number of nitrogens with zero attached hydrogens (tertiary/aromatic N) is 1. The Morgan fingerprint density at radius 2 is 1.14 bits per heavy atom. The summed E-state index contributed by atoms with van der Waals surface area (Å²) in [6.07, 6.45) is -1.21. The Kier molecular flexibility index (Phi) is 24.3. The maximum absolute atomic E-state index is 13.6. The van der Waals surface area contributed by atoms with Crippen molar-refractivity contribution in [2.75, 3.05) is 19.7 Å². The zero-order chi connectivity index (χ0) is 44.0. The predicted octanol–water partition coefficient (Wildman–Crippen LogP) is -4.96. The number of unbranched alkanes of at least 4 members (excludes halogenated alkanes) is 1. The molecular weight excluding hydrogens is 754 g/mol. The molecule has 0 unspecified atom stereocenters. The number of rotatable bonds is 28. The standard InChI is InChI=1S/C34H63N11O12/c1-16(2)13-21(28(51)44-25(17(3)4)31(54)40-20(33(56)57)10-6-7-11-35)42-32(55)26(18(5)47)45-29(52)22(14-24(48)49)41-30(53)23(15-46)43-27(50)19(36)9-8-12-39-34(37)38/h16-23,25-26,46-47H,6-15,35-36H2,1-5H3,(H,40,54)(H,41,53)(H,42,55)(H,43,50)(H,44,51)(H,45,52)(H,48,49)(H,56,57)(H4,37,38,39)/t18-,19+,20+,21+,22+,23+,25+,26+/m1/s1. The lowest BCUT2D eigenvalue weighted by atomic mass is 9.99. The maximum Gasteiger partial charge on any atom is 0.326 e. The van der Waals surface area contributed by atoms with E-state index in [1.54, 1.807) is 27.7 Å². The van der Waals surface area contributed by atoms with Crippen LogP contribution in [0.1, 0.15) is 79.6 Å².